The van der Waals surface area contributed by atoms with E-state index >= 15 is 0 Å². The van der Waals surface area contributed by atoms with Crippen molar-refractivity contribution in [1.82, 2.24) is 15.5 Å². The largest absolute Gasteiger partial charge is 0.312 e. The van der Waals surface area contributed by atoms with Gasteiger partial charge in [-0.3, -0.25) is 5.10 Å². The molecule has 0 saturated carbocycles. The molecule has 0 aliphatic rings. The van der Waals surface area contributed by atoms with Crippen LogP contribution in [0.4, 0.5) is 0 Å². The number of halogens is 1. The van der Waals surface area contributed by atoms with Crippen LogP contribution in [0.5, 0.6) is 0 Å². The first-order chi connectivity index (χ1) is 8.68. The molecule has 0 aliphatic carbocycles. The van der Waals surface area contributed by atoms with Crippen molar-refractivity contribution in [1.29, 1.82) is 0 Å². The molecule has 0 amide bonds. The third-order valence-corrected chi connectivity index (χ3v) is 3.06. The number of aromatic amines is 1. The lowest BCUT2D eigenvalue weighted by atomic mass is 10.1. The molecule has 0 unspecified atom stereocenters. The lowest BCUT2D eigenvalue weighted by molar-refractivity contribution is 0.553. The number of nitrogens with one attached hydrogen (secondary N) is 2. The fraction of sp³-hybridized carbons (Fsp3) is 0.357. The smallest absolute Gasteiger partial charge is 0.0710 e. The zero-order valence-electron chi connectivity index (χ0n) is 10.7. The second kappa shape index (κ2) is 6.03. The number of benzene rings is 1. The van der Waals surface area contributed by atoms with Gasteiger partial charge in [0.15, 0.2) is 0 Å². The van der Waals surface area contributed by atoms with Crippen LogP contribution in [-0.2, 0) is 6.54 Å². The van der Waals surface area contributed by atoms with Gasteiger partial charge >= 0.3 is 0 Å². The van der Waals surface area contributed by atoms with Crippen molar-refractivity contribution in [2.75, 3.05) is 6.54 Å². The number of H-pyrrole nitrogens is 1. The molecule has 0 radical (unpaired) electrons. The van der Waals surface area contributed by atoms with Crippen molar-refractivity contribution in [3.63, 3.8) is 0 Å². The molecule has 2 aromatic rings. The predicted molar refractivity (Wildman–Crippen MR) is 75.6 cm³/mol. The van der Waals surface area contributed by atoms with E-state index in [0.29, 0.717) is 5.92 Å². The molecule has 0 aliphatic heterocycles. The molecule has 96 valence electrons. The van der Waals surface area contributed by atoms with E-state index in [9.17, 15) is 0 Å². The van der Waals surface area contributed by atoms with Crippen LogP contribution in [0, 0.1) is 5.92 Å². The van der Waals surface area contributed by atoms with Crippen LogP contribution in [0.3, 0.4) is 0 Å². The van der Waals surface area contributed by atoms with Crippen molar-refractivity contribution in [2.45, 2.75) is 20.4 Å². The van der Waals surface area contributed by atoms with E-state index < -0.39 is 0 Å². The summed E-state index contributed by atoms with van der Waals surface area (Å²) >= 11 is 6.20. The Balaban J connectivity index is 2.15. The van der Waals surface area contributed by atoms with Crippen molar-refractivity contribution in [3.8, 4) is 11.3 Å². The van der Waals surface area contributed by atoms with Gasteiger partial charge in [-0.15, -0.1) is 0 Å². The quantitative estimate of drug-likeness (QED) is 0.867. The average molecular weight is 264 g/mol. The molecule has 0 fully saturated rings. The molecule has 1 aromatic heterocycles. The maximum Gasteiger partial charge on any atom is 0.0710 e. The first-order valence-electron chi connectivity index (χ1n) is 6.16. The summed E-state index contributed by atoms with van der Waals surface area (Å²) in [7, 11) is 0. The van der Waals surface area contributed by atoms with Gasteiger partial charge in [-0.05, 0) is 18.5 Å². The number of hydrogen-bond donors (Lipinski definition) is 2. The second-order valence-corrected chi connectivity index (χ2v) is 5.18. The Morgan fingerprint density at radius 3 is 2.83 bits per heavy atom. The average Bonchev–Trinajstić information content (AvgIpc) is 2.77. The molecular weight excluding hydrogens is 246 g/mol. The van der Waals surface area contributed by atoms with E-state index in [4.69, 9.17) is 11.6 Å². The van der Waals surface area contributed by atoms with E-state index in [0.717, 1.165) is 34.9 Å². The first-order valence-corrected chi connectivity index (χ1v) is 6.54. The SMILES string of the molecule is CC(C)CNCc1cn[nH]c1-c1ccccc1Cl. The van der Waals surface area contributed by atoms with E-state index in [1.54, 1.807) is 0 Å². The first kappa shape index (κ1) is 13.1. The van der Waals surface area contributed by atoms with Crippen LogP contribution >= 0.6 is 11.6 Å². The third kappa shape index (κ3) is 3.12. The molecule has 2 rings (SSSR count). The molecule has 0 spiro atoms. The van der Waals surface area contributed by atoms with Gasteiger partial charge in [0.25, 0.3) is 0 Å². The summed E-state index contributed by atoms with van der Waals surface area (Å²) in [6.07, 6.45) is 1.85. The van der Waals surface area contributed by atoms with Gasteiger partial charge in [0.2, 0.25) is 0 Å². The van der Waals surface area contributed by atoms with E-state index in [1.807, 2.05) is 30.5 Å². The highest BCUT2D eigenvalue weighted by Gasteiger charge is 2.10. The maximum absolute atomic E-state index is 6.20. The molecule has 1 aromatic carbocycles. The van der Waals surface area contributed by atoms with E-state index in [2.05, 4.69) is 29.4 Å². The standard InChI is InChI=1S/C14H18ClN3/c1-10(2)7-16-8-11-9-17-18-14(11)12-5-3-4-6-13(12)15/h3-6,9-10,16H,7-8H2,1-2H3,(H,17,18). The fourth-order valence-electron chi connectivity index (χ4n) is 1.84. The lowest BCUT2D eigenvalue weighted by Gasteiger charge is -2.08. The molecular formula is C14H18ClN3. The molecule has 1 heterocycles. The normalized spacial score (nSPS) is 11.1. The summed E-state index contributed by atoms with van der Waals surface area (Å²) in [6.45, 7) is 6.18. The van der Waals surface area contributed by atoms with Gasteiger partial charge in [-0.2, -0.15) is 5.10 Å². The zero-order chi connectivity index (χ0) is 13.0. The van der Waals surface area contributed by atoms with Gasteiger partial charge in [0.05, 0.1) is 11.9 Å². The van der Waals surface area contributed by atoms with Gasteiger partial charge < -0.3 is 5.32 Å². The topological polar surface area (TPSA) is 40.7 Å². The van der Waals surface area contributed by atoms with Crippen LogP contribution in [0.2, 0.25) is 5.02 Å². The number of hydrogen-bond acceptors (Lipinski definition) is 2. The van der Waals surface area contributed by atoms with Crippen LogP contribution in [0.1, 0.15) is 19.4 Å². The summed E-state index contributed by atoms with van der Waals surface area (Å²) in [5.74, 6) is 0.640. The Hall–Kier alpha value is -1.32. The zero-order valence-corrected chi connectivity index (χ0v) is 11.5. The summed E-state index contributed by atoms with van der Waals surface area (Å²) < 4.78 is 0. The van der Waals surface area contributed by atoms with Crippen molar-refractivity contribution in [3.05, 3.63) is 41.0 Å². The van der Waals surface area contributed by atoms with Gasteiger partial charge in [-0.25, -0.2) is 0 Å². The minimum absolute atomic E-state index is 0.640. The Bertz CT molecular complexity index is 505. The minimum Gasteiger partial charge on any atom is -0.312 e. The van der Waals surface area contributed by atoms with Crippen molar-refractivity contribution < 1.29 is 0 Å². The number of nitrogens with zero attached hydrogens (tertiary/aromatic N) is 1. The van der Waals surface area contributed by atoms with Gasteiger partial charge in [-0.1, -0.05) is 43.6 Å². The number of rotatable bonds is 5. The monoisotopic (exact) mass is 263 g/mol. The van der Waals surface area contributed by atoms with Gasteiger partial charge in [0.1, 0.15) is 0 Å². The summed E-state index contributed by atoms with van der Waals surface area (Å²) in [4.78, 5) is 0. The molecule has 0 saturated heterocycles. The van der Waals surface area contributed by atoms with Crippen LogP contribution in [0.25, 0.3) is 11.3 Å². The van der Waals surface area contributed by atoms with Crippen LogP contribution in [-0.4, -0.2) is 16.7 Å². The highest BCUT2D eigenvalue weighted by atomic mass is 35.5. The van der Waals surface area contributed by atoms with E-state index in [1.165, 1.54) is 0 Å². The van der Waals surface area contributed by atoms with Crippen LogP contribution < -0.4 is 5.32 Å². The summed E-state index contributed by atoms with van der Waals surface area (Å²) in [5, 5.41) is 11.3. The molecule has 4 heteroatoms. The lowest BCUT2D eigenvalue weighted by Crippen LogP contribution is -2.19. The summed E-state index contributed by atoms with van der Waals surface area (Å²) in [5.41, 5.74) is 3.14. The Morgan fingerprint density at radius 1 is 1.33 bits per heavy atom. The van der Waals surface area contributed by atoms with E-state index in [-0.39, 0.29) is 0 Å². The summed E-state index contributed by atoms with van der Waals surface area (Å²) in [6, 6.07) is 7.80. The predicted octanol–water partition coefficient (Wildman–Crippen LogP) is 3.48. The molecule has 0 atom stereocenters. The minimum atomic E-state index is 0.640. The Labute approximate surface area is 113 Å². The maximum atomic E-state index is 6.20. The molecule has 18 heavy (non-hydrogen) atoms. The van der Waals surface area contributed by atoms with Crippen molar-refractivity contribution in [2.24, 2.45) is 5.92 Å². The molecule has 3 nitrogen and oxygen atoms in total. The second-order valence-electron chi connectivity index (χ2n) is 4.77. The molecule has 2 N–H and O–H groups in total. The van der Waals surface area contributed by atoms with Crippen molar-refractivity contribution >= 4 is 11.6 Å². The highest BCUT2D eigenvalue weighted by Crippen LogP contribution is 2.28. The number of aromatic nitrogens is 2. The molecule has 0 bridgehead atoms. The third-order valence-electron chi connectivity index (χ3n) is 2.73. The Kier molecular flexibility index (Phi) is 4.39. The Morgan fingerprint density at radius 2 is 2.11 bits per heavy atom. The fourth-order valence-corrected chi connectivity index (χ4v) is 2.07. The highest BCUT2D eigenvalue weighted by molar-refractivity contribution is 6.33. The van der Waals surface area contributed by atoms with Gasteiger partial charge in [0, 0.05) is 22.7 Å². The van der Waals surface area contributed by atoms with Crippen LogP contribution in [0.15, 0.2) is 30.5 Å².